The fourth-order valence-corrected chi connectivity index (χ4v) is 1.53. The van der Waals surface area contributed by atoms with Gasteiger partial charge < -0.3 is 11.1 Å². The van der Waals surface area contributed by atoms with Crippen molar-refractivity contribution in [2.45, 2.75) is 25.9 Å². The Kier molecular flexibility index (Phi) is 4.04. The average Bonchev–Trinajstić information content (AvgIpc) is 2.15. The van der Waals surface area contributed by atoms with E-state index >= 15 is 0 Å². The molecule has 0 amide bonds. The molecule has 1 atom stereocenters. The first-order valence-electron chi connectivity index (χ1n) is 4.71. The van der Waals surface area contributed by atoms with Crippen LogP contribution in [0.15, 0.2) is 30.3 Å². The van der Waals surface area contributed by atoms with E-state index < -0.39 is 0 Å². The smallest absolute Gasteiger partial charge is 0.0946 e. The lowest BCUT2D eigenvalue weighted by molar-refractivity contribution is 0.559. The molecule has 0 bridgehead atoms. The molecule has 1 aromatic rings. The van der Waals surface area contributed by atoms with E-state index in [1.165, 1.54) is 0 Å². The molecule has 0 saturated carbocycles. The lowest BCUT2D eigenvalue weighted by Crippen LogP contribution is -2.36. The summed E-state index contributed by atoms with van der Waals surface area (Å²) in [5.74, 6) is 0. The van der Waals surface area contributed by atoms with E-state index in [-0.39, 0.29) is 6.04 Å². The SMILES string of the molecule is CC(C)NC(C(N)=S)c1ccccc1. The van der Waals surface area contributed by atoms with Gasteiger partial charge >= 0.3 is 0 Å². The third kappa shape index (κ3) is 3.09. The Morgan fingerprint density at radius 2 is 1.86 bits per heavy atom. The molecule has 3 N–H and O–H groups in total. The maximum atomic E-state index is 5.69. The Bertz CT molecular complexity index is 295. The molecule has 0 aromatic heterocycles. The Hall–Kier alpha value is -0.930. The van der Waals surface area contributed by atoms with Crippen LogP contribution in [-0.2, 0) is 0 Å². The highest BCUT2D eigenvalue weighted by Crippen LogP contribution is 2.13. The van der Waals surface area contributed by atoms with Gasteiger partial charge in [0.15, 0.2) is 0 Å². The van der Waals surface area contributed by atoms with Crippen molar-refractivity contribution in [1.29, 1.82) is 0 Å². The standard InChI is InChI=1S/C11H16N2S/c1-8(2)13-10(11(12)14)9-6-4-3-5-7-9/h3-8,10,13H,1-2H3,(H2,12,14). The van der Waals surface area contributed by atoms with Crippen LogP contribution in [-0.4, -0.2) is 11.0 Å². The van der Waals surface area contributed by atoms with Gasteiger partial charge in [0.25, 0.3) is 0 Å². The van der Waals surface area contributed by atoms with Gasteiger partial charge in [0.2, 0.25) is 0 Å². The first kappa shape index (κ1) is 11.1. The van der Waals surface area contributed by atoms with Crippen LogP contribution in [0.5, 0.6) is 0 Å². The molecule has 0 aliphatic carbocycles. The molecule has 2 nitrogen and oxygen atoms in total. The predicted molar refractivity (Wildman–Crippen MR) is 64.2 cm³/mol. The number of nitrogens with two attached hydrogens (primary N) is 1. The maximum absolute atomic E-state index is 5.69. The number of nitrogens with one attached hydrogen (secondary N) is 1. The summed E-state index contributed by atoms with van der Waals surface area (Å²) in [5, 5.41) is 3.33. The third-order valence-electron chi connectivity index (χ3n) is 1.92. The molecule has 0 spiro atoms. The molecule has 76 valence electrons. The number of hydrogen-bond donors (Lipinski definition) is 2. The largest absolute Gasteiger partial charge is 0.392 e. The van der Waals surface area contributed by atoms with E-state index in [4.69, 9.17) is 18.0 Å². The van der Waals surface area contributed by atoms with E-state index in [0.29, 0.717) is 11.0 Å². The van der Waals surface area contributed by atoms with Crippen LogP contribution in [0, 0.1) is 0 Å². The van der Waals surface area contributed by atoms with Gasteiger partial charge in [-0.1, -0.05) is 42.5 Å². The minimum atomic E-state index is -0.0220. The number of rotatable bonds is 4. The molecule has 3 heteroatoms. The van der Waals surface area contributed by atoms with E-state index in [2.05, 4.69) is 19.2 Å². The maximum Gasteiger partial charge on any atom is 0.0946 e. The first-order valence-corrected chi connectivity index (χ1v) is 5.12. The second-order valence-corrected chi connectivity index (χ2v) is 4.04. The van der Waals surface area contributed by atoms with Gasteiger partial charge in [-0.05, 0) is 19.4 Å². The first-order chi connectivity index (χ1) is 6.61. The summed E-state index contributed by atoms with van der Waals surface area (Å²) in [4.78, 5) is 0.491. The molecular weight excluding hydrogens is 192 g/mol. The summed E-state index contributed by atoms with van der Waals surface area (Å²) in [6.07, 6.45) is 0. The number of thiocarbonyl (C=S) groups is 1. The topological polar surface area (TPSA) is 38.0 Å². The Balaban J connectivity index is 2.84. The summed E-state index contributed by atoms with van der Waals surface area (Å²) in [5.41, 5.74) is 6.81. The van der Waals surface area contributed by atoms with E-state index in [0.717, 1.165) is 5.56 Å². The monoisotopic (exact) mass is 208 g/mol. The lowest BCUT2D eigenvalue weighted by atomic mass is 10.1. The van der Waals surface area contributed by atoms with Crippen LogP contribution in [0.3, 0.4) is 0 Å². The zero-order valence-electron chi connectivity index (χ0n) is 8.53. The minimum absolute atomic E-state index is 0.0220. The summed E-state index contributed by atoms with van der Waals surface area (Å²) in [6, 6.07) is 10.4. The fourth-order valence-electron chi connectivity index (χ4n) is 1.32. The molecule has 0 aliphatic rings. The number of hydrogen-bond acceptors (Lipinski definition) is 2. The number of benzene rings is 1. The molecule has 1 rings (SSSR count). The molecule has 0 saturated heterocycles. The molecule has 0 aliphatic heterocycles. The van der Waals surface area contributed by atoms with Crippen LogP contribution in [0.25, 0.3) is 0 Å². The third-order valence-corrected chi connectivity index (χ3v) is 2.15. The average molecular weight is 208 g/mol. The Labute approximate surface area is 90.5 Å². The zero-order valence-corrected chi connectivity index (χ0v) is 9.34. The van der Waals surface area contributed by atoms with Crippen molar-refractivity contribution < 1.29 is 0 Å². The van der Waals surface area contributed by atoms with Crippen molar-refractivity contribution in [3.05, 3.63) is 35.9 Å². The quantitative estimate of drug-likeness (QED) is 0.743. The van der Waals surface area contributed by atoms with Crippen LogP contribution in [0.2, 0.25) is 0 Å². The van der Waals surface area contributed by atoms with Gasteiger partial charge in [-0.3, -0.25) is 0 Å². The summed E-state index contributed by atoms with van der Waals surface area (Å²) in [7, 11) is 0. The molecule has 0 heterocycles. The fraction of sp³-hybridized carbons (Fsp3) is 0.364. The Morgan fingerprint density at radius 3 is 2.29 bits per heavy atom. The van der Waals surface area contributed by atoms with Crippen molar-refractivity contribution >= 4 is 17.2 Å². The Morgan fingerprint density at radius 1 is 1.29 bits per heavy atom. The lowest BCUT2D eigenvalue weighted by Gasteiger charge is -2.20. The molecule has 1 unspecified atom stereocenters. The molecule has 0 fully saturated rings. The van der Waals surface area contributed by atoms with Gasteiger partial charge in [0.05, 0.1) is 11.0 Å². The van der Waals surface area contributed by atoms with Gasteiger partial charge in [-0.25, -0.2) is 0 Å². The normalized spacial score (nSPS) is 12.8. The zero-order chi connectivity index (χ0) is 10.6. The van der Waals surface area contributed by atoms with E-state index in [1.807, 2.05) is 30.3 Å². The van der Waals surface area contributed by atoms with E-state index in [9.17, 15) is 0 Å². The van der Waals surface area contributed by atoms with Gasteiger partial charge in [-0.15, -0.1) is 0 Å². The molecule has 14 heavy (non-hydrogen) atoms. The van der Waals surface area contributed by atoms with Crippen molar-refractivity contribution in [2.75, 3.05) is 0 Å². The second-order valence-electron chi connectivity index (χ2n) is 3.57. The summed E-state index contributed by atoms with van der Waals surface area (Å²) < 4.78 is 0. The van der Waals surface area contributed by atoms with Crippen molar-refractivity contribution in [3.63, 3.8) is 0 Å². The van der Waals surface area contributed by atoms with Gasteiger partial charge in [0, 0.05) is 6.04 Å². The van der Waals surface area contributed by atoms with Crippen molar-refractivity contribution in [3.8, 4) is 0 Å². The molecule has 1 aromatic carbocycles. The summed E-state index contributed by atoms with van der Waals surface area (Å²) in [6.45, 7) is 4.16. The van der Waals surface area contributed by atoms with Crippen LogP contribution in [0.4, 0.5) is 0 Å². The minimum Gasteiger partial charge on any atom is -0.392 e. The molecular formula is C11H16N2S. The van der Waals surface area contributed by atoms with Gasteiger partial charge in [0.1, 0.15) is 0 Å². The highest BCUT2D eigenvalue weighted by atomic mass is 32.1. The highest BCUT2D eigenvalue weighted by Gasteiger charge is 2.14. The van der Waals surface area contributed by atoms with Crippen LogP contribution in [0.1, 0.15) is 25.5 Å². The van der Waals surface area contributed by atoms with Crippen molar-refractivity contribution in [2.24, 2.45) is 5.73 Å². The summed E-state index contributed by atoms with van der Waals surface area (Å²) >= 11 is 5.03. The molecule has 0 radical (unpaired) electrons. The predicted octanol–water partition coefficient (Wildman–Crippen LogP) is 2.01. The van der Waals surface area contributed by atoms with Gasteiger partial charge in [-0.2, -0.15) is 0 Å². The van der Waals surface area contributed by atoms with Crippen LogP contribution < -0.4 is 11.1 Å². The highest BCUT2D eigenvalue weighted by molar-refractivity contribution is 7.80. The van der Waals surface area contributed by atoms with Crippen LogP contribution >= 0.6 is 12.2 Å². The van der Waals surface area contributed by atoms with Crippen molar-refractivity contribution in [1.82, 2.24) is 5.32 Å². The second kappa shape index (κ2) is 5.08. The van der Waals surface area contributed by atoms with E-state index in [1.54, 1.807) is 0 Å².